The fourth-order valence-corrected chi connectivity index (χ4v) is 4.44. The average molecular weight is 458 g/mol. The molecule has 0 saturated carbocycles. The van der Waals surface area contributed by atoms with Gasteiger partial charge in [0, 0.05) is 49.7 Å². The number of hydrogen-bond acceptors (Lipinski definition) is 7. The van der Waals surface area contributed by atoms with Crippen molar-refractivity contribution in [3.05, 3.63) is 72.6 Å². The van der Waals surface area contributed by atoms with Crippen LogP contribution < -0.4 is 4.74 Å². The van der Waals surface area contributed by atoms with E-state index in [0.29, 0.717) is 24.8 Å². The van der Waals surface area contributed by atoms with Gasteiger partial charge in [0.05, 0.1) is 5.69 Å². The molecule has 1 fully saturated rings. The molecule has 8 nitrogen and oxygen atoms in total. The number of carbonyl (C=O) groups excluding carboxylic acids is 1. The topological polar surface area (TPSA) is 94.6 Å². The van der Waals surface area contributed by atoms with Gasteiger partial charge in [0.2, 0.25) is 5.88 Å². The maximum absolute atomic E-state index is 10.8. The maximum Gasteiger partial charge on any atom is 0.219 e. The highest BCUT2D eigenvalue weighted by molar-refractivity contribution is 5.84. The number of aromatic amines is 1. The molecular weight excluding hydrogens is 430 g/mol. The van der Waals surface area contributed by atoms with E-state index in [1.54, 1.807) is 12.4 Å². The zero-order chi connectivity index (χ0) is 23.5. The Morgan fingerprint density at radius 2 is 2.06 bits per heavy atom. The lowest BCUT2D eigenvalue weighted by Crippen LogP contribution is -2.38. The number of rotatable bonds is 8. The van der Waals surface area contributed by atoms with E-state index in [0.717, 1.165) is 47.3 Å². The van der Waals surface area contributed by atoms with Crippen molar-refractivity contribution < 1.29 is 14.6 Å². The molecular formula is C26H27N5O3. The molecule has 2 aromatic heterocycles. The largest absolute Gasteiger partial charge is 0.439 e. The maximum atomic E-state index is 10.8. The van der Waals surface area contributed by atoms with Crippen LogP contribution in [0, 0.1) is 0 Å². The van der Waals surface area contributed by atoms with E-state index in [1.807, 2.05) is 35.2 Å². The Balaban J connectivity index is 1.23. The van der Waals surface area contributed by atoms with Crippen LogP contribution in [0.2, 0.25) is 0 Å². The van der Waals surface area contributed by atoms with Gasteiger partial charge in [0.1, 0.15) is 5.75 Å². The number of carbonyl (C=O) groups is 1. The first-order chi connectivity index (χ1) is 16.6. The summed E-state index contributed by atoms with van der Waals surface area (Å²) in [5.74, 6) is 1.27. The summed E-state index contributed by atoms with van der Waals surface area (Å²) in [7, 11) is 2.09. The van der Waals surface area contributed by atoms with Crippen molar-refractivity contribution in [2.75, 3.05) is 20.1 Å². The number of H-pyrrole nitrogens is 1. The molecule has 1 aliphatic heterocycles. The monoisotopic (exact) mass is 457 g/mol. The number of aromatic nitrogens is 3. The third kappa shape index (κ3) is 4.84. The van der Waals surface area contributed by atoms with E-state index >= 15 is 0 Å². The summed E-state index contributed by atoms with van der Waals surface area (Å²) in [6.45, 7) is 2.23. The van der Waals surface area contributed by atoms with Crippen LogP contribution in [0.1, 0.15) is 12.0 Å². The first-order valence-corrected chi connectivity index (χ1v) is 11.3. The van der Waals surface area contributed by atoms with E-state index in [9.17, 15) is 9.90 Å². The van der Waals surface area contributed by atoms with E-state index in [1.165, 1.54) is 5.56 Å². The van der Waals surface area contributed by atoms with Crippen LogP contribution in [-0.4, -0.2) is 68.8 Å². The molecule has 8 heteroatoms. The first-order valence-electron chi connectivity index (χ1n) is 11.3. The molecule has 5 rings (SSSR count). The van der Waals surface area contributed by atoms with Crippen molar-refractivity contribution in [1.29, 1.82) is 0 Å². The molecule has 0 aliphatic carbocycles. The van der Waals surface area contributed by atoms with Crippen LogP contribution in [0.3, 0.4) is 0 Å². The molecule has 1 unspecified atom stereocenters. The molecule has 0 bridgehead atoms. The van der Waals surface area contributed by atoms with Gasteiger partial charge in [0.25, 0.3) is 0 Å². The van der Waals surface area contributed by atoms with Crippen molar-refractivity contribution in [2.45, 2.75) is 25.2 Å². The summed E-state index contributed by atoms with van der Waals surface area (Å²) in [5.41, 5.74) is 3.08. The summed E-state index contributed by atoms with van der Waals surface area (Å²) < 4.78 is 5.96. The third-order valence-electron chi connectivity index (χ3n) is 6.39. The summed E-state index contributed by atoms with van der Waals surface area (Å²) in [4.78, 5) is 19.4. The number of ether oxygens (including phenoxy) is 1. The number of nitrogens with zero attached hydrogens (tertiary/aromatic N) is 4. The number of aliphatic hydroxyl groups is 1. The van der Waals surface area contributed by atoms with Gasteiger partial charge in [-0.1, -0.05) is 18.2 Å². The second-order valence-corrected chi connectivity index (χ2v) is 8.70. The highest BCUT2D eigenvalue weighted by Gasteiger charge is 2.29. The Bertz CT molecular complexity index is 1260. The van der Waals surface area contributed by atoms with Crippen molar-refractivity contribution in [3.8, 4) is 22.9 Å². The van der Waals surface area contributed by atoms with Crippen molar-refractivity contribution in [3.63, 3.8) is 0 Å². The second kappa shape index (κ2) is 9.72. The van der Waals surface area contributed by atoms with Gasteiger partial charge in [-0.3, -0.25) is 19.7 Å². The van der Waals surface area contributed by atoms with Gasteiger partial charge in [-0.05, 0) is 60.1 Å². The molecule has 174 valence electrons. The van der Waals surface area contributed by atoms with E-state index in [2.05, 4.69) is 51.4 Å². The Morgan fingerprint density at radius 1 is 1.21 bits per heavy atom. The van der Waals surface area contributed by atoms with E-state index < -0.39 is 6.23 Å². The number of likely N-dealkylation sites (tertiary alicyclic amines) is 1. The minimum atomic E-state index is -1.00. The van der Waals surface area contributed by atoms with Crippen molar-refractivity contribution >= 4 is 17.1 Å². The Morgan fingerprint density at radius 3 is 2.82 bits per heavy atom. The molecule has 3 heterocycles. The van der Waals surface area contributed by atoms with Crippen LogP contribution in [0.25, 0.3) is 22.0 Å². The summed E-state index contributed by atoms with van der Waals surface area (Å²) in [5, 5.41) is 18.9. The molecule has 1 aliphatic rings. The molecule has 2 aromatic carbocycles. The molecule has 1 saturated heterocycles. The molecule has 0 spiro atoms. The summed E-state index contributed by atoms with van der Waals surface area (Å²) in [6.07, 6.45) is 4.00. The lowest BCUT2D eigenvalue weighted by Gasteiger charge is -2.25. The standard InChI is InChI=1S/C26H27N5O3/c1-30(22-9-11-31(16-22)26(33)17-32)15-18-2-3-20-13-23(6-4-19(20)12-18)34-25-7-5-21(14-27-25)24-8-10-28-29-24/h2-8,10,12-14,17,22,26,33H,9,11,15-16H2,1H3,(H,28,29)/t22-,26?/m1/s1. The fraction of sp³-hybridized carbons (Fsp3) is 0.269. The number of hydrogen-bond donors (Lipinski definition) is 2. The Labute approximate surface area is 197 Å². The predicted molar refractivity (Wildman–Crippen MR) is 129 cm³/mol. The molecule has 2 N–H and O–H groups in total. The Kier molecular flexibility index (Phi) is 6.35. The third-order valence-corrected chi connectivity index (χ3v) is 6.39. The van der Waals surface area contributed by atoms with Gasteiger partial charge in [-0.2, -0.15) is 5.10 Å². The SMILES string of the molecule is CN(Cc1ccc2cc(Oc3ccc(-c4ccn[nH]4)cn3)ccc2c1)[C@@H]1CCN(C(O)C=O)C1. The van der Waals surface area contributed by atoms with Crippen LogP contribution in [-0.2, 0) is 11.3 Å². The van der Waals surface area contributed by atoms with Gasteiger partial charge < -0.3 is 9.84 Å². The average Bonchev–Trinajstić information content (AvgIpc) is 3.57. The predicted octanol–water partition coefficient (Wildman–Crippen LogP) is 3.44. The fourth-order valence-electron chi connectivity index (χ4n) is 4.44. The quantitative estimate of drug-likeness (QED) is 0.392. The number of aldehydes is 1. The first kappa shape index (κ1) is 22.2. The van der Waals surface area contributed by atoms with Crippen molar-refractivity contribution in [1.82, 2.24) is 25.0 Å². The van der Waals surface area contributed by atoms with Gasteiger partial charge in [0.15, 0.2) is 12.5 Å². The van der Waals surface area contributed by atoms with E-state index in [4.69, 9.17) is 4.74 Å². The van der Waals surface area contributed by atoms with Gasteiger partial charge in [-0.15, -0.1) is 0 Å². The van der Waals surface area contributed by atoms with E-state index in [-0.39, 0.29) is 0 Å². The normalized spacial score (nSPS) is 17.3. The lowest BCUT2D eigenvalue weighted by molar-refractivity contribution is -0.123. The number of pyridine rings is 1. The molecule has 34 heavy (non-hydrogen) atoms. The number of benzene rings is 2. The minimum absolute atomic E-state index is 0.313. The van der Waals surface area contributed by atoms with Crippen LogP contribution in [0.4, 0.5) is 0 Å². The smallest absolute Gasteiger partial charge is 0.219 e. The number of aliphatic hydroxyl groups excluding tert-OH is 1. The molecule has 4 aromatic rings. The second-order valence-electron chi connectivity index (χ2n) is 8.70. The minimum Gasteiger partial charge on any atom is -0.439 e. The highest BCUT2D eigenvalue weighted by atomic mass is 16.5. The molecule has 0 amide bonds. The summed E-state index contributed by atoms with van der Waals surface area (Å²) >= 11 is 0. The Hall–Kier alpha value is -3.59. The van der Waals surface area contributed by atoms with Crippen LogP contribution in [0.15, 0.2) is 67.0 Å². The number of fused-ring (bicyclic) bond motifs is 1. The highest BCUT2D eigenvalue weighted by Crippen LogP contribution is 2.27. The molecule has 2 atom stereocenters. The van der Waals surface area contributed by atoms with Crippen LogP contribution in [0.5, 0.6) is 11.6 Å². The van der Waals surface area contributed by atoms with Gasteiger partial charge >= 0.3 is 0 Å². The molecule has 0 radical (unpaired) electrons. The van der Waals surface area contributed by atoms with Gasteiger partial charge in [-0.25, -0.2) is 4.98 Å². The number of likely N-dealkylation sites (N-methyl/N-ethyl adjacent to an activating group) is 1. The lowest BCUT2D eigenvalue weighted by atomic mass is 10.1. The van der Waals surface area contributed by atoms with Crippen molar-refractivity contribution in [2.24, 2.45) is 0 Å². The summed E-state index contributed by atoms with van der Waals surface area (Å²) in [6, 6.07) is 18.5. The van der Waals surface area contributed by atoms with Crippen LogP contribution >= 0.6 is 0 Å². The zero-order valence-electron chi connectivity index (χ0n) is 19.0. The number of nitrogens with one attached hydrogen (secondary N) is 1. The zero-order valence-corrected chi connectivity index (χ0v) is 19.0.